The second-order valence-electron chi connectivity index (χ2n) is 4.41. The summed E-state index contributed by atoms with van der Waals surface area (Å²) in [5, 5.41) is 0. The molecule has 1 heterocycles. The molecule has 1 unspecified atom stereocenters. The van der Waals surface area contributed by atoms with Crippen LogP contribution < -0.4 is 21.1 Å². The lowest BCUT2D eigenvalue weighted by atomic mass is 10.1. The van der Waals surface area contributed by atoms with Gasteiger partial charge in [0, 0.05) is 6.54 Å². The van der Waals surface area contributed by atoms with Crippen LogP contribution in [-0.2, 0) is 16.1 Å². The Hall–Kier alpha value is -2.08. The summed E-state index contributed by atoms with van der Waals surface area (Å²) >= 11 is 0. The number of hydrogen-bond acceptors (Lipinski definition) is 4. The van der Waals surface area contributed by atoms with E-state index in [9.17, 15) is 9.59 Å². The van der Waals surface area contributed by atoms with Gasteiger partial charge in [-0.05, 0) is 24.1 Å². The molecule has 2 rings (SSSR count). The predicted octanol–water partition coefficient (Wildman–Crippen LogP) is 0.135. The summed E-state index contributed by atoms with van der Waals surface area (Å²) in [6.45, 7) is 2.09. The minimum atomic E-state index is -0.583. The molecule has 1 aliphatic heterocycles. The first-order valence-electron chi connectivity index (χ1n) is 6.16. The van der Waals surface area contributed by atoms with Gasteiger partial charge in [-0.25, -0.2) is 0 Å². The first-order valence-corrected chi connectivity index (χ1v) is 6.16. The normalized spacial score (nSPS) is 17.9. The maximum absolute atomic E-state index is 12.2. The Balaban J connectivity index is 2.43. The Morgan fingerprint density at radius 3 is 2.79 bits per heavy atom. The van der Waals surface area contributed by atoms with Crippen molar-refractivity contribution in [2.24, 2.45) is 11.5 Å². The van der Waals surface area contributed by atoms with Crippen LogP contribution in [0.5, 0.6) is 5.75 Å². The highest BCUT2D eigenvalue weighted by atomic mass is 16.5. The number of nitrogens with zero attached hydrogens (tertiary/aromatic N) is 1. The molecular weight excluding hydrogens is 246 g/mol. The van der Waals surface area contributed by atoms with E-state index in [-0.39, 0.29) is 12.5 Å². The van der Waals surface area contributed by atoms with Gasteiger partial charge in [0.05, 0.1) is 5.69 Å². The maximum Gasteiger partial charge on any atom is 0.268 e. The van der Waals surface area contributed by atoms with E-state index < -0.39 is 12.0 Å². The zero-order chi connectivity index (χ0) is 14.0. The lowest BCUT2D eigenvalue weighted by Gasteiger charge is -2.33. The van der Waals surface area contributed by atoms with Crippen molar-refractivity contribution >= 4 is 17.5 Å². The highest BCUT2D eigenvalue weighted by molar-refractivity contribution is 6.03. The molecule has 2 amide bonds. The summed E-state index contributed by atoms with van der Waals surface area (Å²) in [4.78, 5) is 24.7. The van der Waals surface area contributed by atoms with Crippen LogP contribution in [0.15, 0.2) is 18.2 Å². The van der Waals surface area contributed by atoms with Crippen LogP contribution in [-0.4, -0.2) is 24.5 Å². The third-order valence-corrected chi connectivity index (χ3v) is 3.05. The number of nitrogens with two attached hydrogens (primary N) is 2. The molecule has 19 heavy (non-hydrogen) atoms. The average molecular weight is 263 g/mol. The average Bonchev–Trinajstić information content (AvgIpc) is 2.40. The number of hydrogen-bond donors (Lipinski definition) is 2. The fraction of sp³-hybridized carbons (Fsp3) is 0.385. The van der Waals surface area contributed by atoms with Gasteiger partial charge < -0.3 is 16.2 Å². The fourth-order valence-corrected chi connectivity index (χ4v) is 2.08. The first kappa shape index (κ1) is 13.4. The molecule has 1 atom stereocenters. The Kier molecular flexibility index (Phi) is 3.71. The lowest BCUT2D eigenvalue weighted by molar-refractivity contribution is -0.128. The summed E-state index contributed by atoms with van der Waals surface area (Å²) in [7, 11) is 0. The minimum absolute atomic E-state index is 0.145. The lowest BCUT2D eigenvalue weighted by Crippen LogP contribution is -2.48. The first-order chi connectivity index (χ1) is 9.06. The van der Waals surface area contributed by atoms with Crippen molar-refractivity contribution in [1.82, 2.24) is 0 Å². The van der Waals surface area contributed by atoms with Gasteiger partial charge in [-0.1, -0.05) is 13.0 Å². The second kappa shape index (κ2) is 5.27. The molecule has 0 aromatic heterocycles. The number of fused-ring (bicyclic) bond motifs is 1. The van der Waals surface area contributed by atoms with Crippen molar-refractivity contribution in [3.05, 3.63) is 23.8 Å². The molecular formula is C13H17N3O3. The standard InChI is InChI=1S/C13H17N3O3/c1-2-10-13(18)16(7-12(15)17)9-4-3-8(6-14)5-11(9)19-10/h3-5,10H,2,6-7,14H2,1H3,(H2,15,17). The molecule has 0 fully saturated rings. The van der Waals surface area contributed by atoms with E-state index in [2.05, 4.69) is 0 Å². The van der Waals surface area contributed by atoms with Crippen LogP contribution in [0.4, 0.5) is 5.69 Å². The minimum Gasteiger partial charge on any atom is -0.478 e. The van der Waals surface area contributed by atoms with Gasteiger partial charge >= 0.3 is 0 Å². The molecule has 4 N–H and O–H groups in total. The van der Waals surface area contributed by atoms with Crippen LogP contribution in [0.25, 0.3) is 0 Å². The van der Waals surface area contributed by atoms with Gasteiger partial charge in [0.15, 0.2) is 6.10 Å². The largest absolute Gasteiger partial charge is 0.478 e. The zero-order valence-electron chi connectivity index (χ0n) is 10.8. The second-order valence-corrected chi connectivity index (χ2v) is 4.41. The molecule has 1 aliphatic rings. The predicted molar refractivity (Wildman–Crippen MR) is 70.6 cm³/mol. The number of ether oxygens (including phenoxy) is 1. The highest BCUT2D eigenvalue weighted by Crippen LogP contribution is 2.35. The van der Waals surface area contributed by atoms with Crippen molar-refractivity contribution in [2.75, 3.05) is 11.4 Å². The Morgan fingerprint density at radius 1 is 1.47 bits per heavy atom. The molecule has 0 saturated carbocycles. The van der Waals surface area contributed by atoms with Crippen molar-refractivity contribution in [2.45, 2.75) is 26.0 Å². The van der Waals surface area contributed by atoms with E-state index in [4.69, 9.17) is 16.2 Å². The fourth-order valence-electron chi connectivity index (χ4n) is 2.08. The monoisotopic (exact) mass is 263 g/mol. The van der Waals surface area contributed by atoms with E-state index in [0.717, 1.165) is 5.56 Å². The van der Waals surface area contributed by atoms with E-state index >= 15 is 0 Å². The number of benzene rings is 1. The molecule has 0 bridgehead atoms. The van der Waals surface area contributed by atoms with E-state index in [1.165, 1.54) is 4.90 Å². The van der Waals surface area contributed by atoms with Crippen molar-refractivity contribution in [3.63, 3.8) is 0 Å². The molecule has 0 aliphatic carbocycles. The summed E-state index contributed by atoms with van der Waals surface area (Å²) in [5.74, 6) is -0.232. The van der Waals surface area contributed by atoms with Gasteiger partial charge in [-0.3, -0.25) is 14.5 Å². The van der Waals surface area contributed by atoms with Crippen LogP contribution >= 0.6 is 0 Å². The topological polar surface area (TPSA) is 98.7 Å². The number of rotatable bonds is 4. The third kappa shape index (κ3) is 2.53. The zero-order valence-corrected chi connectivity index (χ0v) is 10.8. The van der Waals surface area contributed by atoms with E-state index in [1.54, 1.807) is 18.2 Å². The molecule has 1 aromatic rings. The number of anilines is 1. The van der Waals surface area contributed by atoms with Crippen molar-refractivity contribution < 1.29 is 14.3 Å². The molecule has 0 spiro atoms. The summed E-state index contributed by atoms with van der Waals surface area (Å²) in [6, 6.07) is 5.32. The van der Waals surface area contributed by atoms with Crippen molar-refractivity contribution in [1.29, 1.82) is 0 Å². The number of carbonyl (C=O) groups excluding carboxylic acids is 2. The molecule has 102 valence electrons. The molecule has 6 heteroatoms. The van der Waals surface area contributed by atoms with Gasteiger partial charge in [0.2, 0.25) is 5.91 Å². The van der Waals surface area contributed by atoms with Crippen LogP contribution in [0.3, 0.4) is 0 Å². The van der Waals surface area contributed by atoms with E-state index in [0.29, 0.717) is 24.4 Å². The molecule has 0 saturated heterocycles. The number of primary amides is 1. The summed E-state index contributed by atoms with van der Waals surface area (Å²) in [6.07, 6.45) is -0.0553. The Labute approximate surface area is 111 Å². The van der Waals surface area contributed by atoms with Gasteiger partial charge in [0.25, 0.3) is 5.91 Å². The Bertz CT molecular complexity index is 516. The number of amides is 2. The molecule has 6 nitrogen and oxygen atoms in total. The van der Waals surface area contributed by atoms with Gasteiger partial charge in [-0.15, -0.1) is 0 Å². The van der Waals surface area contributed by atoms with Crippen LogP contribution in [0, 0.1) is 0 Å². The van der Waals surface area contributed by atoms with Gasteiger partial charge in [-0.2, -0.15) is 0 Å². The summed E-state index contributed by atoms with van der Waals surface area (Å²) < 4.78 is 5.65. The quantitative estimate of drug-likeness (QED) is 0.806. The van der Waals surface area contributed by atoms with Gasteiger partial charge in [0.1, 0.15) is 12.3 Å². The summed E-state index contributed by atoms with van der Waals surface area (Å²) in [5.41, 5.74) is 12.2. The smallest absolute Gasteiger partial charge is 0.268 e. The Morgan fingerprint density at radius 2 is 2.21 bits per heavy atom. The highest BCUT2D eigenvalue weighted by Gasteiger charge is 2.34. The SMILES string of the molecule is CCC1Oc2cc(CN)ccc2N(CC(N)=O)C1=O. The molecule has 0 radical (unpaired) electrons. The maximum atomic E-state index is 12.2. The van der Waals surface area contributed by atoms with Crippen molar-refractivity contribution in [3.8, 4) is 5.75 Å². The third-order valence-electron chi connectivity index (χ3n) is 3.05. The van der Waals surface area contributed by atoms with Crippen LogP contribution in [0.1, 0.15) is 18.9 Å². The van der Waals surface area contributed by atoms with E-state index in [1.807, 2.05) is 6.92 Å². The number of carbonyl (C=O) groups is 2. The molecule has 1 aromatic carbocycles. The van der Waals surface area contributed by atoms with Crippen LogP contribution in [0.2, 0.25) is 0 Å².